The molecule has 1 atom stereocenters. The van der Waals surface area contributed by atoms with E-state index in [2.05, 4.69) is 24.2 Å². The van der Waals surface area contributed by atoms with Crippen molar-refractivity contribution in [1.29, 1.82) is 0 Å². The van der Waals surface area contributed by atoms with Gasteiger partial charge in [-0.15, -0.1) is 0 Å². The molecule has 1 saturated heterocycles. The Balaban J connectivity index is 2.00. The summed E-state index contributed by atoms with van der Waals surface area (Å²) >= 11 is 0. The molecular formula is C12H26N2O. The fraction of sp³-hybridized carbons (Fsp3) is 1.00. The Labute approximate surface area is 94.2 Å². The largest absolute Gasteiger partial charge is 0.382 e. The van der Waals surface area contributed by atoms with Crippen LogP contribution in [0.15, 0.2) is 0 Å². The molecule has 0 amide bonds. The van der Waals surface area contributed by atoms with Crippen molar-refractivity contribution in [1.82, 2.24) is 10.2 Å². The van der Waals surface area contributed by atoms with E-state index in [-0.39, 0.29) is 0 Å². The Kier molecular flexibility index (Phi) is 6.98. The van der Waals surface area contributed by atoms with Gasteiger partial charge < -0.3 is 15.0 Å². The number of ether oxygens (including phenoxy) is 1. The average Bonchev–Trinajstić information content (AvgIpc) is 2.43. The van der Waals surface area contributed by atoms with Gasteiger partial charge in [0.25, 0.3) is 0 Å². The van der Waals surface area contributed by atoms with Gasteiger partial charge in [-0.05, 0) is 59.3 Å². The van der Waals surface area contributed by atoms with Crippen LogP contribution in [0, 0.1) is 0 Å². The number of hydrogen-bond acceptors (Lipinski definition) is 3. The zero-order valence-corrected chi connectivity index (χ0v) is 10.3. The van der Waals surface area contributed by atoms with E-state index in [1.165, 1.54) is 32.4 Å². The van der Waals surface area contributed by atoms with Crippen LogP contribution in [0.3, 0.4) is 0 Å². The van der Waals surface area contributed by atoms with Crippen LogP contribution >= 0.6 is 0 Å². The van der Waals surface area contributed by atoms with Crippen molar-refractivity contribution in [2.24, 2.45) is 0 Å². The second kappa shape index (κ2) is 8.08. The minimum absolute atomic E-state index is 0.733. The number of rotatable bonds is 6. The highest BCUT2D eigenvalue weighted by Crippen LogP contribution is 2.09. The van der Waals surface area contributed by atoms with E-state index in [0.29, 0.717) is 0 Å². The first-order valence-electron chi connectivity index (χ1n) is 6.32. The molecule has 90 valence electrons. The summed E-state index contributed by atoms with van der Waals surface area (Å²) in [6.45, 7) is 7.40. The molecule has 1 rings (SSSR count). The van der Waals surface area contributed by atoms with Gasteiger partial charge >= 0.3 is 0 Å². The van der Waals surface area contributed by atoms with Gasteiger partial charge in [-0.25, -0.2) is 0 Å². The number of nitrogens with zero attached hydrogens (tertiary/aromatic N) is 1. The Morgan fingerprint density at radius 2 is 2.20 bits per heavy atom. The number of nitrogens with one attached hydrogen (secondary N) is 1. The molecule has 0 radical (unpaired) electrons. The van der Waals surface area contributed by atoms with Crippen molar-refractivity contribution in [3.8, 4) is 0 Å². The third-order valence-corrected chi connectivity index (χ3v) is 3.05. The molecule has 1 heterocycles. The van der Waals surface area contributed by atoms with Crippen molar-refractivity contribution in [3.63, 3.8) is 0 Å². The lowest BCUT2D eigenvalue weighted by atomic mass is 10.1. The topological polar surface area (TPSA) is 24.5 Å². The lowest BCUT2D eigenvalue weighted by molar-refractivity contribution is 0.144. The molecule has 0 aromatic carbocycles. The van der Waals surface area contributed by atoms with Gasteiger partial charge in [-0.3, -0.25) is 0 Å². The highest BCUT2D eigenvalue weighted by Gasteiger charge is 2.13. The Morgan fingerprint density at radius 3 is 3.00 bits per heavy atom. The molecule has 1 N–H and O–H groups in total. The number of hydrogen-bond donors (Lipinski definition) is 1. The smallest absolute Gasteiger partial charge is 0.0477 e. The molecule has 1 aliphatic rings. The molecule has 1 unspecified atom stereocenters. The molecule has 0 spiro atoms. The first-order valence-corrected chi connectivity index (χ1v) is 6.32. The van der Waals surface area contributed by atoms with Gasteiger partial charge in [-0.2, -0.15) is 0 Å². The molecule has 0 aromatic rings. The van der Waals surface area contributed by atoms with Crippen molar-refractivity contribution in [2.75, 3.05) is 39.9 Å². The van der Waals surface area contributed by atoms with Crippen LogP contribution in [0.4, 0.5) is 0 Å². The van der Waals surface area contributed by atoms with E-state index in [0.717, 1.165) is 32.2 Å². The summed E-state index contributed by atoms with van der Waals surface area (Å²) in [5.41, 5.74) is 0. The third kappa shape index (κ3) is 6.13. The van der Waals surface area contributed by atoms with Crippen molar-refractivity contribution < 1.29 is 4.74 Å². The average molecular weight is 214 g/mol. The zero-order valence-electron chi connectivity index (χ0n) is 10.3. The van der Waals surface area contributed by atoms with Gasteiger partial charge in [-0.1, -0.05) is 0 Å². The Bertz CT molecular complexity index is 153. The quantitative estimate of drug-likeness (QED) is 0.678. The first kappa shape index (κ1) is 12.9. The van der Waals surface area contributed by atoms with Crippen LogP contribution in [0.5, 0.6) is 0 Å². The highest BCUT2D eigenvalue weighted by molar-refractivity contribution is 4.73. The Hall–Kier alpha value is -0.120. The summed E-state index contributed by atoms with van der Waals surface area (Å²) < 4.78 is 5.32. The molecule has 0 aliphatic carbocycles. The molecule has 0 bridgehead atoms. The predicted molar refractivity (Wildman–Crippen MR) is 64.2 cm³/mol. The van der Waals surface area contributed by atoms with E-state index in [1.54, 1.807) is 0 Å². The fourth-order valence-corrected chi connectivity index (χ4v) is 2.07. The van der Waals surface area contributed by atoms with E-state index in [4.69, 9.17) is 4.74 Å². The standard InChI is InChI=1S/C12H26N2O/c1-3-15-11-5-8-13-12-6-4-9-14(2)10-7-12/h12-13H,3-11H2,1-2H3. The minimum Gasteiger partial charge on any atom is -0.382 e. The van der Waals surface area contributed by atoms with Gasteiger partial charge in [0.2, 0.25) is 0 Å². The lowest BCUT2D eigenvalue weighted by Gasteiger charge is -2.16. The maximum atomic E-state index is 5.32. The van der Waals surface area contributed by atoms with E-state index < -0.39 is 0 Å². The fourth-order valence-electron chi connectivity index (χ4n) is 2.07. The van der Waals surface area contributed by atoms with Gasteiger partial charge in [0.1, 0.15) is 0 Å². The summed E-state index contributed by atoms with van der Waals surface area (Å²) in [5.74, 6) is 0. The molecule has 15 heavy (non-hydrogen) atoms. The lowest BCUT2D eigenvalue weighted by Crippen LogP contribution is -2.31. The second-order valence-electron chi connectivity index (χ2n) is 4.44. The van der Waals surface area contributed by atoms with Crippen LogP contribution in [0.2, 0.25) is 0 Å². The molecule has 3 nitrogen and oxygen atoms in total. The maximum Gasteiger partial charge on any atom is 0.0477 e. The van der Waals surface area contributed by atoms with Crippen LogP contribution < -0.4 is 5.32 Å². The third-order valence-electron chi connectivity index (χ3n) is 3.05. The summed E-state index contributed by atoms with van der Waals surface area (Å²) in [6, 6.07) is 0.733. The van der Waals surface area contributed by atoms with Crippen molar-refractivity contribution in [2.45, 2.75) is 38.6 Å². The summed E-state index contributed by atoms with van der Waals surface area (Å²) in [4.78, 5) is 2.43. The first-order chi connectivity index (χ1) is 7.33. The predicted octanol–water partition coefficient (Wildman–Crippen LogP) is 1.49. The van der Waals surface area contributed by atoms with Crippen LogP contribution in [-0.2, 0) is 4.74 Å². The Morgan fingerprint density at radius 1 is 1.33 bits per heavy atom. The summed E-state index contributed by atoms with van der Waals surface area (Å²) in [6.07, 6.45) is 5.10. The SMILES string of the molecule is CCOCCCNC1CCCN(C)CC1. The minimum atomic E-state index is 0.733. The van der Waals surface area contributed by atoms with E-state index in [1.807, 2.05) is 0 Å². The second-order valence-corrected chi connectivity index (χ2v) is 4.44. The van der Waals surface area contributed by atoms with Gasteiger partial charge in [0, 0.05) is 19.3 Å². The molecule has 0 aromatic heterocycles. The molecule has 1 aliphatic heterocycles. The molecule has 3 heteroatoms. The van der Waals surface area contributed by atoms with E-state index in [9.17, 15) is 0 Å². The number of likely N-dealkylation sites (tertiary alicyclic amines) is 1. The van der Waals surface area contributed by atoms with Crippen LogP contribution in [-0.4, -0.2) is 50.8 Å². The van der Waals surface area contributed by atoms with Crippen molar-refractivity contribution >= 4 is 0 Å². The molecular weight excluding hydrogens is 188 g/mol. The van der Waals surface area contributed by atoms with Crippen molar-refractivity contribution in [3.05, 3.63) is 0 Å². The normalized spacial score (nSPS) is 24.0. The monoisotopic (exact) mass is 214 g/mol. The van der Waals surface area contributed by atoms with Gasteiger partial charge in [0.15, 0.2) is 0 Å². The molecule has 0 saturated carbocycles. The van der Waals surface area contributed by atoms with E-state index >= 15 is 0 Å². The summed E-state index contributed by atoms with van der Waals surface area (Å²) in [7, 11) is 2.22. The van der Waals surface area contributed by atoms with Crippen LogP contribution in [0.25, 0.3) is 0 Å². The summed E-state index contributed by atoms with van der Waals surface area (Å²) in [5, 5.41) is 3.63. The highest BCUT2D eigenvalue weighted by atomic mass is 16.5. The van der Waals surface area contributed by atoms with Crippen LogP contribution in [0.1, 0.15) is 32.6 Å². The van der Waals surface area contributed by atoms with Gasteiger partial charge in [0.05, 0.1) is 0 Å². The molecule has 1 fully saturated rings. The maximum absolute atomic E-state index is 5.32. The zero-order chi connectivity index (χ0) is 10.9.